The van der Waals surface area contributed by atoms with E-state index >= 15 is 0 Å². The smallest absolute Gasteiger partial charge is 0.0257 e. The predicted octanol–water partition coefficient (Wildman–Crippen LogP) is 1.94. The molecular weight excluding hydrogens is 234 g/mol. The predicted molar refractivity (Wildman–Crippen MR) is 77.4 cm³/mol. The Morgan fingerprint density at radius 1 is 0.789 bits per heavy atom. The van der Waals surface area contributed by atoms with Crippen molar-refractivity contribution in [2.24, 2.45) is 35.4 Å². The van der Waals surface area contributed by atoms with E-state index in [4.69, 9.17) is 5.84 Å². The molecule has 1 aliphatic heterocycles. The van der Waals surface area contributed by atoms with Gasteiger partial charge in [0.2, 0.25) is 0 Å². The summed E-state index contributed by atoms with van der Waals surface area (Å²) in [6.45, 7) is 5.82. The van der Waals surface area contributed by atoms with E-state index in [1.54, 1.807) is 32.1 Å². The largest absolute Gasteiger partial charge is 0.301 e. The summed E-state index contributed by atoms with van der Waals surface area (Å²) in [5.74, 6) is 11.4. The topological polar surface area (TPSA) is 32.5 Å². The molecule has 4 aliphatic carbocycles. The number of piperazine rings is 1. The first-order valence-electron chi connectivity index (χ1n) is 8.50. The summed E-state index contributed by atoms with van der Waals surface area (Å²) >= 11 is 0. The lowest BCUT2D eigenvalue weighted by molar-refractivity contribution is -0.0437. The lowest BCUT2D eigenvalue weighted by Gasteiger charge is -2.55. The second kappa shape index (κ2) is 5.01. The maximum absolute atomic E-state index is 5.84. The number of hydrogen-bond acceptors (Lipinski definition) is 3. The maximum Gasteiger partial charge on any atom is 0.0257 e. The van der Waals surface area contributed by atoms with E-state index in [2.05, 4.69) is 4.90 Å². The third kappa shape index (κ3) is 2.45. The van der Waals surface area contributed by atoms with Gasteiger partial charge in [-0.15, -0.1) is 0 Å². The van der Waals surface area contributed by atoms with Crippen molar-refractivity contribution in [1.82, 2.24) is 9.91 Å². The van der Waals surface area contributed by atoms with Crippen LogP contribution in [-0.4, -0.2) is 42.6 Å². The van der Waals surface area contributed by atoms with E-state index in [1.165, 1.54) is 26.1 Å². The minimum absolute atomic E-state index is 1.06. The number of rotatable bonds is 3. The Bertz CT molecular complexity index is 294. The first kappa shape index (κ1) is 12.6. The van der Waals surface area contributed by atoms with Crippen LogP contribution in [0.2, 0.25) is 0 Å². The second-order valence-electron chi connectivity index (χ2n) is 7.76. The van der Waals surface area contributed by atoms with E-state index in [0.29, 0.717) is 0 Å². The van der Waals surface area contributed by atoms with Gasteiger partial charge in [-0.1, -0.05) is 0 Å². The van der Waals surface area contributed by atoms with Gasteiger partial charge in [-0.25, -0.2) is 5.01 Å². The molecule has 0 aromatic rings. The van der Waals surface area contributed by atoms with Crippen LogP contribution in [0.25, 0.3) is 0 Å². The molecule has 0 aromatic carbocycles. The van der Waals surface area contributed by atoms with Gasteiger partial charge in [-0.3, -0.25) is 5.84 Å². The molecule has 5 rings (SSSR count). The Labute approximate surface area is 117 Å². The number of hydrogen-bond donors (Lipinski definition) is 1. The van der Waals surface area contributed by atoms with Crippen molar-refractivity contribution in [2.45, 2.75) is 38.5 Å². The Kier molecular flexibility index (Phi) is 3.33. The highest BCUT2D eigenvalue weighted by molar-refractivity contribution is 4.98. The van der Waals surface area contributed by atoms with Crippen molar-refractivity contribution in [3.05, 3.63) is 0 Å². The summed E-state index contributed by atoms with van der Waals surface area (Å²) in [6, 6.07) is 0. The third-order valence-corrected chi connectivity index (χ3v) is 6.61. The van der Waals surface area contributed by atoms with Crippen molar-refractivity contribution < 1.29 is 0 Å². The lowest BCUT2D eigenvalue weighted by atomic mass is 9.51. The molecular formula is C16H29N3. The zero-order chi connectivity index (χ0) is 12.8. The fourth-order valence-electron chi connectivity index (χ4n) is 5.83. The van der Waals surface area contributed by atoms with Crippen molar-refractivity contribution in [2.75, 3.05) is 32.7 Å². The van der Waals surface area contributed by atoms with Crippen LogP contribution in [-0.2, 0) is 0 Å². The zero-order valence-corrected chi connectivity index (χ0v) is 12.1. The van der Waals surface area contributed by atoms with Crippen molar-refractivity contribution in [3.63, 3.8) is 0 Å². The summed E-state index contributed by atoms with van der Waals surface area (Å²) in [6.07, 6.45) is 9.36. The highest BCUT2D eigenvalue weighted by Crippen LogP contribution is 2.57. The molecule has 4 saturated carbocycles. The molecule has 0 unspecified atom stereocenters. The Hall–Kier alpha value is -0.120. The first-order valence-corrected chi connectivity index (χ1v) is 8.50. The average molecular weight is 263 g/mol. The summed E-state index contributed by atoms with van der Waals surface area (Å²) in [7, 11) is 0. The summed E-state index contributed by atoms with van der Waals surface area (Å²) in [5, 5.41) is 1.97. The average Bonchev–Trinajstić information content (AvgIpc) is 2.39. The van der Waals surface area contributed by atoms with Gasteiger partial charge in [0.1, 0.15) is 0 Å². The SMILES string of the molecule is NN1CCN(CCC2C3CC4CC(C3)CC2C4)CC1. The summed E-state index contributed by atoms with van der Waals surface area (Å²) in [4.78, 5) is 2.65. The van der Waals surface area contributed by atoms with Crippen molar-refractivity contribution >= 4 is 0 Å². The van der Waals surface area contributed by atoms with Crippen LogP contribution in [0, 0.1) is 29.6 Å². The summed E-state index contributed by atoms with van der Waals surface area (Å²) < 4.78 is 0. The molecule has 108 valence electrons. The van der Waals surface area contributed by atoms with Gasteiger partial charge in [-0.2, -0.15) is 0 Å². The van der Waals surface area contributed by atoms with E-state index < -0.39 is 0 Å². The van der Waals surface area contributed by atoms with Gasteiger partial charge < -0.3 is 4.90 Å². The Morgan fingerprint density at radius 3 is 1.95 bits per heavy atom. The molecule has 3 nitrogen and oxygen atoms in total. The van der Waals surface area contributed by atoms with Gasteiger partial charge in [-0.05, 0) is 74.7 Å². The molecule has 1 saturated heterocycles. The van der Waals surface area contributed by atoms with Crippen LogP contribution in [0.5, 0.6) is 0 Å². The van der Waals surface area contributed by atoms with Crippen LogP contribution < -0.4 is 5.84 Å². The van der Waals surface area contributed by atoms with Gasteiger partial charge in [0.15, 0.2) is 0 Å². The maximum atomic E-state index is 5.84. The van der Waals surface area contributed by atoms with E-state index in [0.717, 1.165) is 42.7 Å². The fourth-order valence-corrected chi connectivity index (χ4v) is 5.83. The van der Waals surface area contributed by atoms with Crippen LogP contribution in [0.4, 0.5) is 0 Å². The minimum atomic E-state index is 1.06. The van der Waals surface area contributed by atoms with Crippen molar-refractivity contribution in [3.8, 4) is 0 Å². The molecule has 19 heavy (non-hydrogen) atoms. The number of nitrogens with two attached hydrogens (primary N) is 1. The zero-order valence-electron chi connectivity index (χ0n) is 12.1. The molecule has 5 fully saturated rings. The molecule has 5 aliphatic rings. The van der Waals surface area contributed by atoms with Gasteiger partial charge in [0, 0.05) is 26.2 Å². The van der Waals surface area contributed by atoms with E-state index in [-0.39, 0.29) is 0 Å². The molecule has 0 aromatic heterocycles. The number of hydrazine groups is 1. The minimum Gasteiger partial charge on any atom is -0.301 e. The molecule has 0 radical (unpaired) electrons. The van der Waals surface area contributed by atoms with Crippen LogP contribution in [0.3, 0.4) is 0 Å². The molecule has 2 N–H and O–H groups in total. The lowest BCUT2D eigenvalue weighted by Crippen LogP contribution is -2.50. The summed E-state index contributed by atoms with van der Waals surface area (Å²) in [5.41, 5.74) is 0. The van der Waals surface area contributed by atoms with Gasteiger partial charge in [0.05, 0.1) is 0 Å². The fraction of sp³-hybridized carbons (Fsp3) is 1.00. The molecule has 0 spiro atoms. The monoisotopic (exact) mass is 263 g/mol. The molecule has 0 amide bonds. The Balaban J connectivity index is 1.31. The standard InChI is InChI=1S/C16H29N3/c17-19-5-3-18(4-6-19)2-1-16-14-8-12-7-13(10-14)11-15(16)9-12/h12-16H,1-11,17H2. The van der Waals surface area contributed by atoms with Gasteiger partial charge in [0.25, 0.3) is 0 Å². The van der Waals surface area contributed by atoms with Crippen LogP contribution in [0.1, 0.15) is 38.5 Å². The number of nitrogens with zero attached hydrogens (tertiary/aromatic N) is 2. The van der Waals surface area contributed by atoms with Crippen LogP contribution >= 0.6 is 0 Å². The highest BCUT2D eigenvalue weighted by atomic mass is 15.4. The van der Waals surface area contributed by atoms with E-state index in [1.807, 2.05) is 5.01 Å². The molecule has 3 heteroatoms. The second-order valence-corrected chi connectivity index (χ2v) is 7.76. The van der Waals surface area contributed by atoms with Gasteiger partial charge >= 0.3 is 0 Å². The quantitative estimate of drug-likeness (QED) is 0.790. The molecule has 4 bridgehead atoms. The normalized spacial score (nSPS) is 46.9. The van der Waals surface area contributed by atoms with E-state index in [9.17, 15) is 0 Å². The Morgan fingerprint density at radius 2 is 1.37 bits per heavy atom. The van der Waals surface area contributed by atoms with Crippen LogP contribution in [0.15, 0.2) is 0 Å². The molecule has 0 atom stereocenters. The molecule has 1 heterocycles. The highest BCUT2D eigenvalue weighted by Gasteiger charge is 2.47. The third-order valence-electron chi connectivity index (χ3n) is 6.61. The first-order chi connectivity index (χ1) is 9.28. The van der Waals surface area contributed by atoms with Crippen molar-refractivity contribution in [1.29, 1.82) is 0 Å².